The van der Waals surface area contributed by atoms with Crippen molar-refractivity contribution in [1.29, 1.82) is 0 Å². The molecule has 62 valence electrons. The van der Waals surface area contributed by atoms with Gasteiger partial charge in [0.25, 0.3) is 0 Å². The molecule has 0 aromatic carbocycles. The molecule has 0 saturated carbocycles. The fourth-order valence-corrected chi connectivity index (χ4v) is 0.693. The summed E-state index contributed by atoms with van der Waals surface area (Å²) in [6, 6.07) is -0.520. The Morgan fingerprint density at radius 1 is 1.82 bits per heavy atom. The van der Waals surface area contributed by atoms with Gasteiger partial charge in [-0.1, -0.05) is 0 Å². The van der Waals surface area contributed by atoms with Crippen LogP contribution < -0.4 is 5.73 Å². The highest BCUT2D eigenvalue weighted by Crippen LogP contribution is 1.98. The molecule has 2 N–H and O–H groups in total. The maximum Gasteiger partial charge on any atom is 0.322 e. The molecular formula is C8H13NO2. The number of hydrogen-bond donors (Lipinski definition) is 1. The van der Waals surface area contributed by atoms with Crippen LogP contribution in [0.1, 0.15) is 19.3 Å². The summed E-state index contributed by atoms with van der Waals surface area (Å²) in [6.45, 7) is 0. The normalized spacial score (nSPS) is 11.7. The van der Waals surface area contributed by atoms with Crippen LogP contribution in [0.3, 0.4) is 0 Å². The predicted molar refractivity (Wildman–Crippen MR) is 42.7 cm³/mol. The van der Waals surface area contributed by atoms with E-state index in [1.165, 1.54) is 7.11 Å². The lowest BCUT2D eigenvalue weighted by Gasteiger charge is -2.06. The van der Waals surface area contributed by atoms with Crippen LogP contribution in [0.5, 0.6) is 0 Å². The molecule has 0 rings (SSSR count). The molecule has 0 heterocycles. The van der Waals surface area contributed by atoms with E-state index >= 15 is 0 Å². The van der Waals surface area contributed by atoms with Crippen molar-refractivity contribution in [2.24, 2.45) is 5.73 Å². The lowest BCUT2D eigenvalue weighted by atomic mass is 10.1. The van der Waals surface area contributed by atoms with Crippen molar-refractivity contribution in [1.82, 2.24) is 0 Å². The number of terminal acetylenes is 1. The summed E-state index contributed by atoms with van der Waals surface area (Å²) in [4.78, 5) is 10.7. The molecule has 11 heavy (non-hydrogen) atoms. The first-order valence-electron chi connectivity index (χ1n) is 3.49. The summed E-state index contributed by atoms with van der Waals surface area (Å²) in [5, 5.41) is 0. The molecule has 0 aliphatic heterocycles. The lowest BCUT2D eigenvalue weighted by Crippen LogP contribution is -2.31. The van der Waals surface area contributed by atoms with E-state index in [4.69, 9.17) is 12.2 Å². The summed E-state index contributed by atoms with van der Waals surface area (Å²) in [7, 11) is 1.32. The summed E-state index contributed by atoms with van der Waals surface area (Å²) in [5.74, 6) is 2.10. The molecule has 0 aromatic rings. The van der Waals surface area contributed by atoms with Gasteiger partial charge in [0.05, 0.1) is 7.11 Å². The number of rotatable bonds is 4. The number of hydrogen-bond acceptors (Lipinski definition) is 3. The Bertz CT molecular complexity index is 160. The third-order valence-corrected chi connectivity index (χ3v) is 1.34. The van der Waals surface area contributed by atoms with Crippen molar-refractivity contribution in [2.75, 3.05) is 7.11 Å². The number of carbonyl (C=O) groups is 1. The first kappa shape index (κ1) is 9.99. The number of carbonyl (C=O) groups excluding carboxylic acids is 1. The van der Waals surface area contributed by atoms with Gasteiger partial charge in [0.15, 0.2) is 0 Å². The smallest absolute Gasteiger partial charge is 0.322 e. The maximum atomic E-state index is 10.7. The number of ether oxygens (including phenoxy) is 1. The molecule has 3 nitrogen and oxygen atoms in total. The van der Waals surface area contributed by atoms with Crippen LogP contribution in [0.25, 0.3) is 0 Å². The number of unbranched alkanes of at least 4 members (excludes halogenated alkanes) is 1. The van der Waals surface area contributed by atoms with Gasteiger partial charge >= 0.3 is 5.97 Å². The molecule has 0 aliphatic carbocycles. The molecule has 0 amide bonds. The van der Waals surface area contributed by atoms with Crippen LogP contribution in [0, 0.1) is 12.3 Å². The van der Waals surface area contributed by atoms with Crippen LogP contribution in [-0.4, -0.2) is 19.1 Å². The molecule has 0 spiro atoms. The summed E-state index contributed by atoms with van der Waals surface area (Å²) < 4.78 is 4.43. The molecule has 0 unspecified atom stereocenters. The first-order valence-corrected chi connectivity index (χ1v) is 3.49. The summed E-state index contributed by atoms with van der Waals surface area (Å²) in [5.41, 5.74) is 5.43. The molecule has 0 aliphatic rings. The van der Waals surface area contributed by atoms with Gasteiger partial charge in [-0.15, -0.1) is 12.3 Å². The summed E-state index contributed by atoms with van der Waals surface area (Å²) in [6.07, 6.45) is 7.04. The van der Waals surface area contributed by atoms with Crippen LogP contribution in [-0.2, 0) is 9.53 Å². The maximum absolute atomic E-state index is 10.7. The van der Waals surface area contributed by atoms with Gasteiger partial charge in [-0.2, -0.15) is 0 Å². The Hall–Kier alpha value is -1.01. The zero-order valence-corrected chi connectivity index (χ0v) is 6.67. The first-order chi connectivity index (χ1) is 5.22. The van der Waals surface area contributed by atoms with E-state index in [0.717, 1.165) is 6.42 Å². The Morgan fingerprint density at radius 2 is 2.45 bits per heavy atom. The zero-order valence-electron chi connectivity index (χ0n) is 6.67. The van der Waals surface area contributed by atoms with Crippen LogP contribution >= 0.6 is 0 Å². The van der Waals surface area contributed by atoms with E-state index < -0.39 is 6.04 Å². The van der Waals surface area contributed by atoms with Crippen LogP contribution in [0.4, 0.5) is 0 Å². The van der Waals surface area contributed by atoms with Gasteiger partial charge in [0.1, 0.15) is 6.04 Å². The Kier molecular flexibility index (Phi) is 5.22. The predicted octanol–water partition coefficient (Wildman–Crippen LogP) is 0.290. The molecular weight excluding hydrogens is 142 g/mol. The molecule has 0 aromatic heterocycles. The van der Waals surface area contributed by atoms with Gasteiger partial charge in [-0.3, -0.25) is 4.79 Å². The monoisotopic (exact) mass is 155 g/mol. The van der Waals surface area contributed by atoms with Gasteiger partial charge in [-0.05, 0) is 12.8 Å². The third-order valence-electron chi connectivity index (χ3n) is 1.34. The third kappa shape index (κ3) is 4.40. The average molecular weight is 155 g/mol. The minimum atomic E-state index is -0.520. The molecule has 1 atom stereocenters. The number of methoxy groups -OCH3 is 1. The quantitative estimate of drug-likeness (QED) is 0.360. The Labute approximate surface area is 66.9 Å². The standard InChI is InChI=1S/C8H13NO2/c1-3-4-5-6-7(9)8(10)11-2/h1,7H,4-6,9H2,2H3/t7-/m0/s1. The lowest BCUT2D eigenvalue weighted by molar-refractivity contribution is -0.142. The average Bonchev–Trinajstić information content (AvgIpc) is 2.03. The second kappa shape index (κ2) is 5.75. The van der Waals surface area contributed by atoms with Gasteiger partial charge in [0.2, 0.25) is 0 Å². The van der Waals surface area contributed by atoms with Crippen molar-refractivity contribution < 1.29 is 9.53 Å². The fraction of sp³-hybridized carbons (Fsp3) is 0.625. The minimum Gasteiger partial charge on any atom is -0.468 e. The van der Waals surface area contributed by atoms with E-state index in [0.29, 0.717) is 12.8 Å². The van der Waals surface area contributed by atoms with Crippen LogP contribution in [0.15, 0.2) is 0 Å². The van der Waals surface area contributed by atoms with Gasteiger partial charge in [0, 0.05) is 6.42 Å². The highest BCUT2D eigenvalue weighted by atomic mass is 16.5. The zero-order chi connectivity index (χ0) is 8.69. The fourth-order valence-electron chi connectivity index (χ4n) is 0.693. The second-order valence-electron chi connectivity index (χ2n) is 2.23. The van der Waals surface area contributed by atoms with E-state index in [2.05, 4.69) is 10.7 Å². The Morgan fingerprint density at radius 3 is 2.91 bits per heavy atom. The molecule has 0 saturated heterocycles. The van der Waals surface area contributed by atoms with E-state index in [1.54, 1.807) is 0 Å². The van der Waals surface area contributed by atoms with Gasteiger partial charge < -0.3 is 10.5 Å². The second-order valence-corrected chi connectivity index (χ2v) is 2.23. The van der Waals surface area contributed by atoms with Gasteiger partial charge in [-0.25, -0.2) is 0 Å². The largest absolute Gasteiger partial charge is 0.468 e. The van der Waals surface area contributed by atoms with Crippen molar-refractivity contribution in [3.8, 4) is 12.3 Å². The highest BCUT2D eigenvalue weighted by Gasteiger charge is 2.11. The minimum absolute atomic E-state index is 0.373. The number of nitrogens with two attached hydrogens (primary N) is 1. The van der Waals surface area contributed by atoms with E-state index in [9.17, 15) is 4.79 Å². The molecule has 3 heteroatoms. The van der Waals surface area contributed by atoms with Crippen molar-refractivity contribution in [3.05, 3.63) is 0 Å². The highest BCUT2D eigenvalue weighted by molar-refractivity contribution is 5.75. The van der Waals surface area contributed by atoms with Crippen LogP contribution in [0.2, 0.25) is 0 Å². The van der Waals surface area contributed by atoms with Crippen molar-refractivity contribution in [3.63, 3.8) is 0 Å². The SMILES string of the molecule is C#CCCC[C@H](N)C(=O)OC. The van der Waals surface area contributed by atoms with Crippen molar-refractivity contribution >= 4 is 5.97 Å². The van der Waals surface area contributed by atoms with Crippen molar-refractivity contribution in [2.45, 2.75) is 25.3 Å². The Balaban J connectivity index is 3.45. The van der Waals surface area contributed by atoms with E-state index in [-0.39, 0.29) is 5.97 Å². The molecule has 0 bridgehead atoms. The molecule has 0 fully saturated rings. The topological polar surface area (TPSA) is 52.3 Å². The molecule has 0 radical (unpaired) electrons. The summed E-state index contributed by atoms with van der Waals surface area (Å²) >= 11 is 0. The number of esters is 1. The van der Waals surface area contributed by atoms with E-state index in [1.807, 2.05) is 0 Å².